The minimum Gasteiger partial charge on any atom is -0.335 e. The van der Waals surface area contributed by atoms with Crippen molar-refractivity contribution in [2.75, 3.05) is 36.8 Å². The van der Waals surface area contributed by atoms with Gasteiger partial charge in [0.15, 0.2) is 0 Å². The molecular weight excluding hydrogens is 524 g/mol. The van der Waals surface area contributed by atoms with E-state index in [0.29, 0.717) is 30.9 Å². The third-order valence-corrected chi connectivity index (χ3v) is 8.12. The summed E-state index contributed by atoms with van der Waals surface area (Å²) in [6.45, 7) is 10.5. The predicted molar refractivity (Wildman–Crippen MR) is 161 cm³/mol. The second-order valence-corrected chi connectivity index (χ2v) is 13.0. The van der Waals surface area contributed by atoms with Crippen molar-refractivity contribution >= 4 is 40.6 Å². The zero-order valence-electron chi connectivity index (χ0n) is 24.1. The standard InChI is InChI=1S/C30H44N6O3S/c1-30(2,3)17-27(37)33-25-20-40-21-26(25)34-28(38)24-12-11-22(18-31-24)19-36(16-8-15-35-13-6-7-14-35)29(39)32-23-9-4-5-10-23/h11-12,18,20-21,23H,4-10,13-17,19H2,1-3H3,(H,32,39)(H,33,37)(H,34,38). The average molecular weight is 569 g/mol. The van der Waals surface area contributed by atoms with Gasteiger partial charge in [-0.15, -0.1) is 11.3 Å². The maximum absolute atomic E-state index is 13.2. The first-order chi connectivity index (χ1) is 19.2. The molecule has 218 valence electrons. The van der Waals surface area contributed by atoms with Gasteiger partial charge in [-0.05, 0) is 68.8 Å². The summed E-state index contributed by atoms with van der Waals surface area (Å²) in [6, 6.07) is 3.79. The summed E-state index contributed by atoms with van der Waals surface area (Å²) in [5.74, 6) is -0.441. The van der Waals surface area contributed by atoms with E-state index < -0.39 is 0 Å². The van der Waals surface area contributed by atoms with Gasteiger partial charge in [-0.25, -0.2) is 4.79 Å². The maximum Gasteiger partial charge on any atom is 0.317 e. The molecule has 1 saturated carbocycles. The van der Waals surface area contributed by atoms with E-state index in [1.807, 2.05) is 37.1 Å². The smallest absolute Gasteiger partial charge is 0.317 e. The number of rotatable bonds is 11. The first-order valence-electron chi connectivity index (χ1n) is 14.6. The Hall–Kier alpha value is -2.98. The molecule has 1 aliphatic heterocycles. The lowest BCUT2D eigenvalue weighted by molar-refractivity contribution is -0.117. The van der Waals surface area contributed by atoms with Crippen LogP contribution < -0.4 is 16.0 Å². The van der Waals surface area contributed by atoms with Crippen molar-refractivity contribution in [3.05, 3.63) is 40.3 Å². The van der Waals surface area contributed by atoms with Crippen molar-refractivity contribution in [3.63, 3.8) is 0 Å². The Morgan fingerprint density at radius 3 is 2.38 bits per heavy atom. The SMILES string of the molecule is CC(C)(C)CC(=O)Nc1cscc1NC(=O)c1ccc(CN(CCCN2CCCC2)C(=O)NC2CCCC2)cn1. The molecule has 4 rings (SSSR count). The third-order valence-electron chi connectivity index (χ3n) is 7.38. The van der Waals surface area contributed by atoms with Gasteiger partial charge in [0, 0.05) is 42.5 Å². The van der Waals surface area contributed by atoms with Crippen molar-refractivity contribution in [3.8, 4) is 0 Å². The van der Waals surface area contributed by atoms with E-state index >= 15 is 0 Å². The molecule has 1 saturated heterocycles. The fourth-order valence-electron chi connectivity index (χ4n) is 5.31. The number of nitrogens with zero attached hydrogens (tertiary/aromatic N) is 3. The van der Waals surface area contributed by atoms with Gasteiger partial charge in [0.2, 0.25) is 5.91 Å². The number of thiophene rings is 1. The quantitative estimate of drug-likeness (QED) is 0.322. The lowest BCUT2D eigenvalue weighted by Gasteiger charge is -2.26. The molecule has 10 heteroatoms. The molecule has 1 aliphatic carbocycles. The van der Waals surface area contributed by atoms with E-state index in [1.54, 1.807) is 17.6 Å². The molecule has 0 aromatic carbocycles. The number of aromatic nitrogens is 1. The zero-order chi connectivity index (χ0) is 28.5. The molecule has 0 atom stereocenters. The first-order valence-corrected chi connectivity index (χ1v) is 15.5. The highest BCUT2D eigenvalue weighted by Crippen LogP contribution is 2.28. The summed E-state index contributed by atoms with van der Waals surface area (Å²) < 4.78 is 0. The Morgan fingerprint density at radius 1 is 1.02 bits per heavy atom. The van der Waals surface area contributed by atoms with Crippen molar-refractivity contribution in [2.24, 2.45) is 5.41 Å². The molecule has 40 heavy (non-hydrogen) atoms. The highest BCUT2D eigenvalue weighted by Gasteiger charge is 2.22. The molecular formula is C30H44N6O3S. The zero-order valence-corrected chi connectivity index (χ0v) is 24.9. The van der Waals surface area contributed by atoms with Gasteiger partial charge in [0.25, 0.3) is 5.91 Å². The monoisotopic (exact) mass is 568 g/mol. The van der Waals surface area contributed by atoms with E-state index in [2.05, 4.69) is 25.8 Å². The molecule has 2 fully saturated rings. The van der Waals surface area contributed by atoms with Gasteiger partial charge >= 0.3 is 6.03 Å². The van der Waals surface area contributed by atoms with Gasteiger partial charge in [0.05, 0.1) is 11.4 Å². The summed E-state index contributed by atoms with van der Waals surface area (Å²) in [5.41, 5.74) is 2.16. The van der Waals surface area contributed by atoms with E-state index in [0.717, 1.165) is 44.5 Å². The van der Waals surface area contributed by atoms with Crippen LogP contribution in [0.2, 0.25) is 0 Å². The van der Waals surface area contributed by atoms with E-state index in [1.165, 1.54) is 37.0 Å². The van der Waals surface area contributed by atoms with Crippen LogP contribution in [-0.4, -0.2) is 64.9 Å². The number of carbonyl (C=O) groups excluding carboxylic acids is 3. The number of amides is 4. The first kappa shape index (κ1) is 30.0. The fraction of sp³-hybridized carbons (Fsp3) is 0.600. The molecule has 2 aromatic heterocycles. The minimum atomic E-state index is -0.349. The topological polar surface area (TPSA) is 107 Å². The number of hydrogen-bond acceptors (Lipinski definition) is 6. The van der Waals surface area contributed by atoms with Crippen LogP contribution in [-0.2, 0) is 11.3 Å². The van der Waals surface area contributed by atoms with Crippen LogP contribution in [0.1, 0.15) is 88.2 Å². The van der Waals surface area contributed by atoms with Crippen molar-refractivity contribution in [2.45, 2.75) is 84.7 Å². The normalized spacial score (nSPS) is 16.2. The third kappa shape index (κ3) is 9.30. The van der Waals surface area contributed by atoms with Gasteiger partial charge in [-0.2, -0.15) is 0 Å². The lowest BCUT2D eigenvalue weighted by Crippen LogP contribution is -2.44. The second-order valence-electron chi connectivity index (χ2n) is 12.2. The molecule has 0 bridgehead atoms. The molecule has 2 aromatic rings. The van der Waals surface area contributed by atoms with E-state index in [-0.39, 0.29) is 35.0 Å². The molecule has 3 heterocycles. The Bertz CT molecular complexity index is 1130. The van der Waals surface area contributed by atoms with Crippen LogP contribution in [0.3, 0.4) is 0 Å². The molecule has 4 amide bonds. The van der Waals surface area contributed by atoms with Crippen LogP contribution in [0.15, 0.2) is 29.1 Å². The maximum atomic E-state index is 13.2. The molecule has 2 aliphatic rings. The van der Waals surface area contributed by atoms with Crippen LogP contribution in [0, 0.1) is 5.41 Å². The van der Waals surface area contributed by atoms with Gasteiger partial charge < -0.3 is 25.8 Å². The lowest BCUT2D eigenvalue weighted by atomic mass is 9.92. The van der Waals surface area contributed by atoms with Crippen molar-refractivity contribution < 1.29 is 14.4 Å². The summed E-state index contributed by atoms with van der Waals surface area (Å²) in [7, 11) is 0. The fourth-order valence-corrected chi connectivity index (χ4v) is 6.02. The van der Waals surface area contributed by atoms with Crippen LogP contribution in [0.5, 0.6) is 0 Å². The number of likely N-dealkylation sites (tertiary alicyclic amines) is 1. The minimum absolute atomic E-state index is 0.0198. The van der Waals surface area contributed by atoms with E-state index in [4.69, 9.17) is 0 Å². The van der Waals surface area contributed by atoms with Gasteiger partial charge in [-0.3, -0.25) is 14.6 Å². The number of pyridine rings is 1. The molecule has 0 radical (unpaired) electrons. The van der Waals surface area contributed by atoms with Crippen LogP contribution >= 0.6 is 11.3 Å². The average Bonchev–Trinajstić information content (AvgIpc) is 3.67. The number of urea groups is 1. The number of hydrogen-bond donors (Lipinski definition) is 3. The summed E-state index contributed by atoms with van der Waals surface area (Å²) in [4.78, 5) is 47.2. The number of nitrogens with one attached hydrogen (secondary N) is 3. The van der Waals surface area contributed by atoms with Crippen molar-refractivity contribution in [1.29, 1.82) is 0 Å². The second kappa shape index (κ2) is 14.1. The largest absolute Gasteiger partial charge is 0.335 e. The molecule has 9 nitrogen and oxygen atoms in total. The summed E-state index contributed by atoms with van der Waals surface area (Å²) >= 11 is 1.40. The molecule has 3 N–H and O–H groups in total. The number of carbonyl (C=O) groups is 3. The summed E-state index contributed by atoms with van der Waals surface area (Å²) in [6.07, 6.45) is 9.94. The summed E-state index contributed by atoms with van der Waals surface area (Å²) in [5, 5.41) is 12.6. The van der Waals surface area contributed by atoms with Crippen molar-refractivity contribution in [1.82, 2.24) is 20.1 Å². The van der Waals surface area contributed by atoms with Gasteiger partial charge in [-0.1, -0.05) is 39.7 Å². The van der Waals surface area contributed by atoms with Gasteiger partial charge in [0.1, 0.15) is 5.69 Å². The number of anilines is 2. The molecule has 0 unspecified atom stereocenters. The Kier molecular flexibility index (Phi) is 10.6. The highest BCUT2D eigenvalue weighted by atomic mass is 32.1. The predicted octanol–water partition coefficient (Wildman–Crippen LogP) is 5.71. The Labute approximate surface area is 242 Å². The Morgan fingerprint density at radius 2 is 1.73 bits per heavy atom. The highest BCUT2D eigenvalue weighted by molar-refractivity contribution is 7.09. The Balaban J connectivity index is 1.34. The van der Waals surface area contributed by atoms with E-state index in [9.17, 15) is 14.4 Å². The van der Waals surface area contributed by atoms with Crippen LogP contribution in [0.25, 0.3) is 0 Å². The van der Waals surface area contributed by atoms with Crippen LogP contribution in [0.4, 0.5) is 16.2 Å². The molecule has 0 spiro atoms.